The third-order valence-corrected chi connectivity index (χ3v) is 2.79. The normalized spacial score (nSPS) is 12.2. The van der Waals surface area contributed by atoms with Crippen molar-refractivity contribution in [2.24, 2.45) is 11.7 Å². The zero-order chi connectivity index (χ0) is 14.4. The number of carbonyl (C=O) groups is 2. The molecule has 5 heteroatoms. The molecule has 0 spiro atoms. The highest BCUT2D eigenvalue weighted by atomic mass is 16.2. The first-order chi connectivity index (χ1) is 8.90. The lowest BCUT2D eigenvalue weighted by Crippen LogP contribution is -2.47. The van der Waals surface area contributed by atoms with Crippen molar-refractivity contribution in [2.75, 3.05) is 11.9 Å². The first-order valence-corrected chi connectivity index (χ1v) is 6.29. The molecule has 1 atom stereocenters. The third kappa shape index (κ3) is 5.09. The SMILES string of the molecule is Cc1ccc(NC(=O)CNC(C(N)=O)C(C)C)cc1. The molecule has 0 saturated heterocycles. The fraction of sp³-hybridized carbons (Fsp3) is 0.429. The van der Waals surface area contributed by atoms with Crippen LogP contribution in [0.2, 0.25) is 0 Å². The van der Waals surface area contributed by atoms with E-state index < -0.39 is 11.9 Å². The molecule has 0 heterocycles. The average molecular weight is 263 g/mol. The Morgan fingerprint density at radius 2 is 1.79 bits per heavy atom. The van der Waals surface area contributed by atoms with Crippen LogP contribution in [-0.2, 0) is 9.59 Å². The van der Waals surface area contributed by atoms with Gasteiger partial charge in [-0.25, -0.2) is 0 Å². The summed E-state index contributed by atoms with van der Waals surface area (Å²) in [5, 5.41) is 5.61. The Balaban J connectivity index is 2.47. The van der Waals surface area contributed by atoms with Gasteiger partial charge in [0.2, 0.25) is 11.8 Å². The Labute approximate surface area is 113 Å². The minimum atomic E-state index is -0.497. The highest BCUT2D eigenvalue weighted by Crippen LogP contribution is 2.08. The number of rotatable bonds is 6. The van der Waals surface area contributed by atoms with Crippen LogP contribution in [0.25, 0.3) is 0 Å². The summed E-state index contributed by atoms with van der Waals surface area (Å²) in [7, 11) is 0. The van der Waals surface area contributed by atoms with Crippen LogP contribution in [0.15, 0.2) is 24.3 Å². The standard InChI is InChI=1S/C14H21N3O2/c1-9(2)13(14(15)19)16-8-12(18)17-11-6-4-10(3)5-7-11/h4-7,9,13,16H,8H2,1-3H3,(H2,15,19)(H,17,18). The van der Waals surface area contributed by atoms with Gasteiger partial charge in [-0.15, -0.1) is 0 Å². The van der Waals surface area contributed by atoms with E-state index in [1.54, 1.807) is 0 Å². The van der Waals surface area contributed by atoms with Gasteiger partial charge in [0.25, 0.3) is 0 Å². The molecular weight excluding hydrogens is 242 g/mol. The largest absolute Gasteiger partial charge is 0.368 e. The van der Waals surface area contributed by atoms with Gasteiger partial charge >= 0.3 is 0 Å². The van der Waals surface area contributed by atoms with E-state index in [2.05, 4.69) is 10.6 Å². The van der Waals surface area contributed by atoms with E-state index >= 15 is 0 Å². The number of primary amides is 1. The van der Waals surface area contributed by atoms with Gasteiger partial charge in [0.1, 0.15) is 0 Å². The monoisotopic (exact) mass is 263 g/mol. The molecule has 4 N–H and O–H groups in total. The first-order valence-electron chi connectivity index (χ1n) is 6.29. The Hall–Kier alpha value is -1.88. The predicted octanol–water partition coefficient (Wildman–Crippen LogP) is 1.03. The van der Waals surface area contributed by atoms with Crippen molar-refractivity contribution in [3.05, 3.63) is 29.8 Å². The molecule has 2 amide bonds. The molecule has 19 heavy (non-hydrogen) atoms. The van der Waals surface area contributed by atoms with Crippen molar-refractivity contribution in [1.82, 2.24) is 5.32 Å². The maximum absolute atomic E-state index is 11.7. The fourth-order valence-corrected chi connectivity index (χ4v) is 1.71. The molecule has 0 aliphatic carbocycles. The highest BCUT2D eigenvalue weighted by molar-refractivity contribution is 5.92. The molecule has 1 rings (SSSR count). The maximum atomic E-state index is 11.7. The van der Waals surface area contributed by atoms with E-state index in [9.17, 15) is 9.59 Å². The van der Waals surface area contributed by atoms with Crippen molar-refractivity contribution in [3.63, 3.8) is 0 Å². The van der Waals surface area contributed by atoms with Crippen molar-refractivity contribution in [1.29, 1.82) is 0 Å². The van der Waals surface area contributed by atoms with Crippen LogP contribution in [0.1, 0.15) is 19.4 Å². The fourth-order valence-electron chi connectivity index (χ4n) is 1.71. The van der Waals surface area contributed by atoms with E-state index in [1.165, 1.54) is 0 Å². The van der Waals surface area contributed by atoms with Crippen LogP contribution >= 0.6 is 0 Å². The first kappa shape index (κ1) is 15.2. The van der Waals surface area contributed by atoms with E-state index in [4.69, 9.17) is 5.73 Å². The van der Waals surface area contributed by atoms with Crippen LogP contribution in [0, 0.1) is 12.8 Å². The van der Waals surface area contributed by atoms with Crippen LogP contribution in [0.3, 0.4) is 0 Å². The summed E-state index contributed by atoms with van der Waals surface area (Å²) < 4.78 is 0. The molecule has 0 aliphatic heterocycles. The van der Waals surface area contributed by atoms with Gasteiger partial charge in [-0.05, 0) is 25.0 Å². The molecule has 0 radical (unpaired) electrons. The second-order valence-electron chi connectivity index (χ2n) is 4.92. The second kappa shape index (κ2) is 6.89. The summed E-state index contributed by atoms with van der Waals surface area (Å²) in [5.41, 5.74) is 7.12. The lowest BCUT2D eigenvalue weighted by molar-refractivity contribution is -0.121. The van der Waals surface area contributed by atoms with Gasteiger partial charge in [0, 0.05) is 5.69 Å². The Kier molecular flexibility index (Phi) is 5.51. The van der Waals surface area contributed by atoms with Crippen molar-refractivity contribution >= 4 is 17.5 Å². The van der Waals surface area contributed by atoms with E-state index in [0.29, 0.717) is 0 Å². The zero-order valence-corrected chi connectivity index (χ0v) is 11.6. The molecule has 0 aromatic heterocycles. The molecule has 0 saturated carbocycles. The van der Waals surface area contributed by atoms with Crippen LogP contribution < -0.4 is 16.4 Å². The summed E-state index contributed by atoms with van der Waals surface area (Å²) >= 11 is 0. The number of nitrogens with one attached hydrogen (secondary N) is 2. The zero-order valence-electron chi connectivity index (χ0n) is 11.6. The van der Waals surface area contributed by atoms with Gasteiger partial charge in [-0.3, -0.25) is 14.9 Å². The molecule has 0 fully saturated rings. The summed E-state index contributed by atoms with van der Waals surface area (Å²) in [4.78, 5) is 22.9. The number of hydrogen-bond donors (Lipinski definition) is 3. The predicted molar refractivity (Wildman–Crippen MR) is 75.6 cm³/mol. The average Bonchev–Trinajstić information content (AvgIpc) is 2.31. The lowest BCUT2D eigenvalue weighted by Gasteiger charge is -2.18. The van der Waals surface area contributed by atoms with E-state index in [1.807, 2.05) is 45.0 Å². The van der Waals surface area contributed by atoms with Gasteiger partial charge in [-0.2, -0.15) is 0 Å². The minimum Gasteiger partial charge on any atom is -0.368 e. The smallest absolute Gasteiger partial charge is 0.238 e. The molecule has 5 nitrogen and oxygen atoms in total. The van der Waals surface area contributed by atoms with Crippen LogP contribution in [0.4, 0.5) is 5.69 Å². The number of amides is 2. The lowest BCUT2D eigenvalue weighted by atomic mass is 10.0. The summed E-state index contributed by atoms with van der Waals surface area (Å²) in [5.74, 6) is -0.599. The van der Waals surface area contributed by atoms with Gasteiger partial charge in [0.05, 0.1) is 12.6 Å². The molecular formula is C14H21N3O2. The van der Waals surface area contributed by atoms with Crippen molar-refractivity contribution in [3.8, 4) is 0 Å². The summed E-state index contributed by atoms with van der Waals surface area (Å²) in [6, 6.07) is 7.01. The molecule has 1 aromatic carbocycles. The Morgan fingerprint density at radius 1 is 1.21 bits per heavy atom. The number of benzene rings is 1. The Morgan fingerprint density at radius 3 is 2.26 bits per heavy atom. The minimum absolute atomic E-state index is 0.0460. The van der Waals surface area contributed by atoms with Crippen molar-refractivity contribution < 1.29 is 9.59 Å². The Bertz CT molecular complexity index is 441. The molecule has 1 unspecified atom stereocenters. The topological polar surface area (TPSA) is 84.2 Å². The molecule has 0 bridgehead atoms. The van der Waals surface area contributed by atoms with E-state index in [0.717, 1.165) is 11.3 Å². The van der Waals surface area contributed by atoms with Crippen LogP contribution in [-0.4, -0.2) is 24.4 Å². The summed E-state index contributed by atoms with van der Waals surface area (Å²) in [6.45, 7) is 5.79. The second-order valence-corrected chi connectivity index (χ2v) is 4.92. The number of hydrogen-bond acceptors (Lipinski definition) is 3. The number of nitrogens with two attached hydrogens (primary N) is 1. The quantitative estimate of drug-likeness (QED) is 0.716. The van der Waals surface area contributed by atoms with Crippen LogP contribution in [0.5, 0.6) is 0 Å². The maximum Gasteiger partial charge on any atom is 0.238 e. The van der Waals surface area contributed by atoms with Gasteiger partial charge in [0.15, 0.2) is 0 Å². The number of carbonyl (C=O) groups excluding carboxylic acids is 2. The van der Waals surface area contributed by atoms with Crippen molar-refractivity contribution in [2.45, 2.75) is 26.8 Å². The summed E-state index contributed by atoms with van der Waals surface area (Å²) in [6.07, 6.45) is 0. The number of aryl methyl sites for hydroxylation is 1. The van der Waals surface area contributed by atoms with E-state index in [-0.39, 0.29) is 18.4 Å². The highest BCUT2D eigenvalue weighted by Gasteiger charge is 2.19. The third-order valence-electron chi connectivity index (χ3n) is 2.79. The molecule has 1 aromatic rings. The number of anilines is 1. The molecule has 104 valence electrons. The molecule has 0 aliphatic rings. The van der Waals surface area contributed by atoms with Gasteiger partial charge in [-0.1, -0.05) is 31.5 Å². The van der Waals surface area contributed by atoms with Gasteiger partial charge < -0.3 is 11.1 Å².